The van der Waals surface area contributed by atoms with Crippen LogP contribution in [0.2, 0.25) is 18.1 Å². The van der Waals surface area contributed by atoms with Crippen molar-refractivity contribution in [2.45, 2.75) is 45.0 Å². The second-order valence-corrected chi connectivity index (χ2v) is 10.3. The lowest BCUT2D eigenvalue weighted by Crippen LogP contribution is -2.42. The normalized spacial score (nSPS) is 15.9. The van der Waals surface area contributed by atoms with E-state index in [1.54, 1.807) is 0 Å². The van der Waals surface area contributed by atoms with Crippen molar-refractivity contribution in [1.82, 2.24) is 0 Å². The van der Waals surface area contributed by atoms with Gasteiger partial charge < -0.3 is 9.53 Å². The zero-order chi connectivity index (χ0) is 10.7. The largest absolute Gasteiger partial charge is 0.414 e. The van der Waals surface area contributed by atoms with Crippen molar-refractivity contribution in [3.8, 4) is 0 Å². The second kappa shape index (κ2) is 4.91. The van der Waals surface area contributed by atoms with E-state index in [4.69, 9.17) is 4.43 Å². The van der Waals surface area contributed by atoms with Crippen LogP contribution in [-0.4, -0.2) is 31.5 Å². The molecule has 0 saturated carbocycles. The Bertz CT molecular complexity index is 154. The van der Waals surface area contributed by atoms with Gasteiger partial charge in [-0.1, -0.05) is 36.7 Å². The van der Waals surface area contributed by atoms with Gasteiger partial charge in [0, 0.05) is 5.33 Å². The highest BCUT2D eigenvalue weighted by Crippen LogP contribution is 2.36. The molecule has 0 aliphatic heterocycles. The summed E-state index contributed by atoms with van der Waals surface area (Å²) in [5.74, 6) is 0. The van der Waals surface area contributed by atoms with Gasteiger partial charge >= 0.3 is 0 Å². The Kier molecular flexibility index (Phi) is 5.15. The van der Waals surface area contributed by atoms with Gasteiger partial charge in [0.2, 0.25) is 0 Å². The van der Waals surface area contributed by atoms with Crippen LogP contribution in [0, 0.1) is 0 Å². The standard InChI is InChI=1S/C9H21BrO2Si/c1-9(2,3)13(4,5)12-7-8(11)6-10/h8,11H,6-7H2,1-5H3. The van der Waals surface area contributed by atoms with Crippen molar-refractivity contribution in [2.75, 3.05) is 11.9 Å². The molecule has 0 fully saturated rings. The summed E-state index contributed by atoms with van der Waals surface area (Å²) in [5, 5.41) is 10.1. The third-order valence-electron chi connectivity index (χ3n) is 2.62. The molecular formula is C9H21BrO2Si. The number of alkyl halides is 1. The molecule has 0 heterocycles. The fourth-order valence-electron chi connectivity index (χ4n) is 0.566. The Morgan fingerprint density at radius 1 is 1.38 bits per heavy atom. The molecule has 0 aliphatic rings. The van der Waals surface area contributed by atoms with Gasteiger partial charge in [-0.15, -0.1) is 0 Å². The van der Waals surface area contributed by atoms with Crippen molar-refractivity contribution in [3.05, 3.63) is 0 Å². The van der Waals surface area contributed by atoms with Crippen molar-refractivity contribution >= 4 is 24.2 Å². The summed E-state index contributed by atoms with van der Waals surface area (Å²) in [6.45, 7) is 11.4. The highest BCUT2D eigenvalue weighted by Gasteiger charge is 2.37. The van der Waals surface area contributed by atoms with Gasteiger partial charge in [-0.2, -0.15) is 0 Å². The molecule has 0 amide bonds. The molecule has 1 atom stereocenters. The highest BCUT2D eigenvalue weighted by atomic mass is 79.9. The van der Waals surface area contributed by atoms with Gasteiger partial charge in [0.05, 0.1) is 12.7 Å². The van der Waals surface area contributed by atoms with E-state index in [-0.39, 0.29) is 11.1 Å². The van der Waals surface area contributed by atoms with Gasteiger partial charge in [0.1, 0.15) is 0 Å². The van der Waals surface area contributed by atoms with Gasteiger partial charge in [0.15, 0.2) is 8.32 Å². The van der Waals surface area contributed by atoms with E-state index in [2.05, 4.69) is 49.8 Å². The van der Waals surface area contributed by atoms with Crippen LogP contribution in [0.25, 0.3) is 0 Å². The van der Waals surface area contributed by atoms with E-state index in [0.29, 0.717) is 11.9 Å². The van der Waals surface area contributed by atoms with Crippen molar-refractivity contribution < 1.29 is 9.53 Å². The van der Waals surface area contributed by atoms with Gasteiger partial charge in [-0.25, -0.2) is 0 Å². The van der Waals surface area contributed by atoms with Crippen LogP contribution in [0.3, 0.4) is 0 Å². The highest BCUT2D eigenvalue weighted by molar-refractivity contribution is 9.09. The minimum atomic E-state index is -1.66. The molecule has 4 heteroatoms. The van der Waals surface area contributed by atoms with E-state index >= 15 is 0 Å². The maximum Gasteiger partial charge on any atom is 0.192 e. The summed E-state index contributed by atoms with van der Waals surface area (Å²) in [7, 11) is -1.66. The van der Waals surface area contributed by atoms with Crippen molar-refractivity contribution in [2.24, 2.45) is 0 Å². The Morgan fingerprint density at radius 3 is 2.15 bits per heavy atom. The topological polar surface area (TPSA) is 29.5 Å². The first-order valence-corrected chi connectivity index (χ1v) is 8.61. The van der Waals surface area contributed by atoms with Crippen LogP contribution in [-0.2, 0) is 4.43 Å². The van der Waals surface area contributed by atoms with Crippen molar-refractivity contribution in [3.63, 3.8) is 0 Å². The molecule has 2 nitrogen and oxygen atoms in total. The average molecular weight is 269 g/mol. The number of rotatable bonds is 4. The molecule has 0 aromatic rings. The van der Waals surface area contributed by atoms with Crippen LogP contribution in [0.15, 0.2) is 0 Å². The summed E-state index contributed by atoms with van der Waals surface area (Å²) in [5.41, 5.74) is 0. The second-order valence-electron chi connectivity index (χ2n) is 4.88. The molecule has 1 unspecified atom stereocenters. The minimum Gasteiger partial charge on any atom is -0.414 e. The van der Waals surface area contributed by atoms with Gasteiger partial charge in [-0.3, -0.25) is 0 Å². The molecule has 1 N–H and O–H groups in total. The molecule has 13 heavy (non-hydrogen) atoms. The van der Waals surface area contributed by atoms with Crippen molar-refractivity contribution in [1.29, 1.82) is 0 Å². The summed E-state index contributed by atoms with van der Waals surface area (Å²) < 4.78 is 5.81. The smallest absolute Gasteiger partial charge is 0.192 e. The van der Waals surface area contributed by atoms with E-state index in [0.717, 1.165) is 0 Å². The molecule has 0 rings (SSSR count). The molecular weight excluding hydrogens is 248 g/mol. The lowest BCUT2D eigenvalue weighted by Gasteiger charge is -2.36. The average Bonchev–Trinajstić information content (AvgIpc) is 1.98. The molecule has 80 valence electrons. The summed E-state index contributed by atoms with van der Waals surface area (Å²) in [6.07, 6.45) is -0.380. The van der Waals surface area contributed by atoms with Crippen LogP contribution in [0.4, 0.5) is 0 Å². The van der Waals surface area contributed by atoms with Crippen LogP contribution >= 0.6 is 15.9 Å². The number of aliphatic hydroxyl groups is 1. The van der Waals surface area contributed by atoms with Crippen LogP contribution < -0.4 is 0 Å². The maximum absolute atomic E-state index is 9.34. The summed E-state index contributed by atoms with van der Waals surface area (Å²) in [6, 6.07) is 0. The van der Waals surface area contributed by atoms with E-state index < -0.39 is 8.32 Å². The van der Waals surface area contributed by atoms with E-state index in [9.17, 15) is 5.11 Å². The molecule has 0 spiro atoms. The SMILES string of the molecule is CC(C)(C)[Si](C)(C)OCC(O)CBr. The molecule has 0 aromatic carbocycles. The van der Waals surface area contributed by atoms with E-state index in [1.807, 2.05) is 0 Å². The fraction of sp³-hybridized carbons (Fsp3) is 1.00. The quantitative estimate of drug-likeness (QED) is 0.628. The van der Waals surface area contributed by atoms with Gasteiger partial charge in [0.25, 0.3) is 0 Å². The Labute approximate surface area is 90.9 Å². The van der Waals surface area contributed by atoms with Gasteiger partial charge in [-0.05, 0) is 18.1 Å². The Balaban J connectivity index is 4.04. The zero-order valence-electron chi connectivity index (χ0n) is 9.22. The third-order valence-corrected chi connectivity index (χ3v) is 7.87. The van der Waals surface area contributed by atoms with Crippen LogP contribution in [0.5, 0.6) is 0 Å². The first-order chi connectivity index (χ1) is 5.70. The molecule has 0 saturated heterocycles. The third kappa shape index (κ3) is 4.58. The number of hydrogen-bond acceptors (Lipinski definition) is 2. The maximum atomic E-state index is 9.34. The number of halogens is 1. The molecule has 0 aliphatic carbocycles. The predicted molar refractivity (Wildman–Crippen MR) is 62.9 cm³/mol. The first kappa shape index (κ1) is 13.6. The summed E-state index contributed by atoms with van der Waals surface area (Å²) >= 11 is 3.22. The summed E-state index contributed by atoms with van der Waals surface area (Å²) in [4.78, 5) is 0. The Morgan fingerprint density at radius 2 is 1.85 bits per heavy atom. The molecule has 0 bridgehead atoms. The number of aliphatic hydroxyl groups excluding tert-OH is 1. The first-order valence-electron chi connectivity index (χ1n) is 4.58. The lowest BCUT2D eigenvalue weighted by molar-refractivity contribution is 0.119. The molecule has 0 aromatic heterocycles. The van der Waals surface area contributed by atoms with Crippen LogP contribution in [0.1, 0.15) is 20.8 Å². The fourth-order valence-corrected chi connectivity index (χ4v) is 1.79. The number of hydrogen-bond donors (Lipinski definition) is 1. The minimum absolute atomic E-state index is 0.221. The molecule has 0 radical (unpaired) electrons. The Hall–Kier alpha value is 0.617. The zero-order valence-corrected chi connectivity index (χ0v) is 11.8. The predicted octanol–water partition coefficient (Wildman–Crippen LogP) is 2.76. The monoisotopic (exact) mass is 268 g/mol. The van der Waals surface area contributed by atoms with E-state index in [1.165, 1.54) is 0 Å². The lowest BCUT2D eigenvalue weighted by atomic mass is 10.2.